The highest BCUT2D eigenvalue weighted by Gasteiger charge is 2.46. The van der Waals surface area contributed by atoms with Crippen LogP contribution in [-0.4, -0.2) is 92.7 Å². The summed E-state index contributed by atoms with van der Waals surface area (Å²) in [5.74, 6) is 0.913. The maximum absolute atomic E-state index is 12.8. The molecule has 5 rings (SSSR count). The lowest BCUT2D eigenvalue weighted by atomic mass is 9.98. The summed E-state index contributed by atoms with van der Waals surface area (Å²) in [6, 6.07) is 5.60. The first-order chi connectivity index (χ1) is 17.2. The number of aliphatic hydroxyl groups excluding tert-OH is 1. The third kappa shape index (κ3) is 4.92. The summed E-state index contributed by atoms with van der Waals surface area (Å²) in [6.45, 7) is 14.3. The maximum atomic E-state index is 12.8. The van der Waals surface area contributed by atoms with Crippen molar-refractivity contribution in [2.45, 2.75) is 65.0 Å². The van der Waals surface area contributed by atoms with E-state index in [9.17, 15) is 9.90 Å². The van der Waals surface area contributed by atoms with E-state index >= 15 is 0 Å². The van der Waals surface area contributed by atoms with E-state index in [2.05, 4.69) is 56.0 Å². The number of carbonyl (C=O) groups is 1. The van der Waals surface area contributed by atoms with Gasteiger partial charge in [0.05, 0.1) is 11.2 Å². The quantitative estimate of drug-likeness (QED) is 0.557. The number of anilines is 1. The summed E-state index contributed by atoms with van der Waals surface area (Å²) < 4.78 is 5.51. The number of ether oxygens (including phenoxy) is 1. The van der Waals surface area contributed by atoms with Gasteiger partial charge in [-0.2, -0.15) is 5.10 Å². The number of nitrogens with zero attached hydrogens (tertiary/aromatic N) is 5. The number of H-pyrrole nitrogens is 1. The zero-order chi connectivity index (χ0) is 25.4. The number of pyridine rings is 1. The predicted molar refractivity (Wildman–Crippen MR) is 136 cm³/mol. The van der Waals surface area contributed by atoms with Gasteiger partial charge in [0.1, 0.15) is 5.69 Å². The molecule has 3 aliphatic rings. The molecule has 3 aliphatic heterocycles. The molecule has 2 fully saturated rings. The number of carbonyl (C=O) groups excluding carboxylic acids is 1. The van der Waals surface area contributed by atoms with Crippen LogP contribution in [0, 0.1) is 12.8 Å². The molecule has 10 heteroatoms. The van der Waals surface area contributed by atoms with Crippen LogP contribution >= 0.6 is 0 Å². The number of nitrogens with one attached hydrogen (secondary N) is 2. The van der Waals surface area contributed by atoms with Gasteiger partial charge in [-0.1, -0.05) is 6.07 Å². The standard InChI is InChI=1S/C26H39N7O3/c1-17-6-5-7-21(27-17)24(34)28-23-20-16-33(26(3,4)22(20)29-30-23)25(35)32-11-10-31(14-18(32)2)15-19-8-12-36-13-9-19/h5-7,18-19,25,35H,8-16H2,1-4H3,(H2,28,29,30,34)/t18-,25?/m0/s1. The van der Waals surface area contributed by atoms with Crippen LogP contribution in [0.3, 0.4) is 0 Å². The zero-order valence-corrected chi connectivity index (χ0v) is 21.8. The highest BCUT2D eigenvalue weighted by atomic mass is 16.5. The van der Waals surface area contributed by atoms with E-state index in [1.807, 2.05) is 19.1 Å². The fourth-order valence-corrected chi connectivity index (χ4v) is 5.88. The van der Waals surface area contributed by atoms with Crippen molar-refractivity contribution in [2.75, 3.05) is 44.7 Å². The largest absolute Gasteiger partial charge is 0.381 e. The lowest BCUT2D eigenvalue weighted by molar-refractivity contribution is -0.174. The second-order valence-corrected chi connectivity index (χ2v) is 11.0. The molecule has 3 N–H and O–H groups in total. The first-order valence-electron chi connectivity index (χ1n) is 13.1. The van der Waals surface area contributed by atoms with Crippen LogP contribution in [-0.2, 0) is 16.8 Å². The number of aliphatic hydroxyl groups is 1. The number of piperazine rings is 1. The molecule has 1 unspecified atom stereocenters. The fourth-order valence-electron chi connectivity index (χ4n) is 5.88. The number of fused-ring (bicyclic) bond motifs is 1. The second kappa shape index (κ2) is 10.2. The Morgan fingerprint density at radius 1 is 1.31 bits per heavy atom. The molecule has 0 bridgehead atoms. The number of aromatic amines is 1. The van der Waals surface area contributed by atoms with Gasteiger partial charge in [0, 0.05) is 63.2 Å². The lowest BCUT2D eigenvalue weighted by Gasteiger charge is -2.47. The van der Waals surface area contributed by atoms with Gasteiger partial charge >= 0.3 is 0 Å². The molecule has 36 heavy (non-hydrogen) atoms. The molecule has 10 nitrogen and oxygen atoms in total. The van der Waals surface area contributed by atoms with E-state index in [1.54, 1.807) is 6.07 Å². The molecule has 0 aliphatic carbocycles. The van der Waals surface area contributed by atoms with Crippen molar-refractivity contribution in [1.82, 2.24) is 29.9 Å². The molecular formula is C26H39N7O3. The van der Waals surface area contributed by atoms with E-state index in [1.165, 1.54) is 0 Å². The van der Waals surface area contributed by atoms with Crippen molar-refractivity contribution >= 4 is 11.7 Å². The Morgan fingerprint density at radius 3 is 2.81 bits per heavy atom. The monoisotopic (exact) mass is 497 g/mol. The predicted octanol–water partition coefficient (Wildman–Crippen LogP) is 2.12. The van der Waals surface area contributed by atoms with E-state index in [4.69, 9.17) is 4.74 Å². The molecule has 2 atom stereocenters. The van der Waals surface area contributed by atoms with Crippen molar-refractivity contribution in [1.29, 1.82) is 0 Å². The van der Waals surface area contributed by atoms with Gasteiger partial charge in [-0.15, -0.1) is 0 Å². The Bertz CT molecular complexity index is 1080. The first-order valence-corrected chi connectivity index (χ1v) is 13.1. The van der Waals surface area contributed by atoms with Gasteiger partial charge in [-0.25, -0.2) is 4.98 Å². The van der Waals surface area contributed by atoms with Crippen molar-refractivity contribution in [2.24, 2.45) is 5.92 Å². The SMILES string of the molecule is Cc1cccc(C(=O)Nc2n[nH]c3c2CN(C(O)N2CCN(CC4CCOCC4)C[C@@H]2C)C3(C)C)n1. The van der Waals surface area contributed by atoms with Crippen molar-refractivity contribution < 1.29 is 14.6 Å². The molecule has 0 saturated carbocycles. The number of aromatic nitrogens is 3. The average Bonchev–Trinajstić information content (AvgIpc) is 3.37. The number of hydrogen-bond donors (Lipinski definition) is 3. The number of rotatable bonds is 6. The van der Waals surface area contributed by atoms with Gasteiger partial charge in [0.15, 0.2) is 12.2 Å². The minimum atomic E-state index is -0.733. The molecule has 5 heterocycles. The Morgan fingerprint density at radius 2 is 2.08 bits per heavy atom. The van der Waals surface area contributed by atoms with Gasteiger partial charge < -0.3 is 20.1 Å². The van der Waals surface area contributed by atoms with Crippen LogP contribution in [0.5, 0.6) is 0 Å². The van der Waals surface area contributed by atoms with Crippen LogP contribution in [0.2, 0.25) is 0 Å². The summed E-state index contributed by atoms with van der Waals surface area (Å²) in [7, 11) is 0. The van der Waals surface area contributed by atoms with Gasteiger partial charge in [-0.3, -0.25) is 19.7 Å². The Labute approximate surface area is 213 Å². The van der Waals surface area contributed by atoms with Crippen molar-refractivity contribution in [3.63, 3.8) is 0 Å². The lowest BCUT2D eigenvalue weighted by Crippen LogP contribution is -2.61. The average molecular weight is 498 g/mol. The smallest absolute Gasteiger partial charge is 0.275 e. The molecule has 0 radical (unpaired) electrons. The van der Waals surface area contributed by atoms with Crippen molar-refractivity contribution in [3.8, 4) is 0 Å². The van der Waals surface area contributed by atoms with Crippen molar-refractivity contribution in [3.05, 3.63) is 40.8 Å². The summed E-state index contributed by atoms with van der Waals surface area (Å²) in [5, 5.41) is 22.0. The van der Waals surface area contributed by atoms with Gasteiger partial charge in [0.25, 0.3) is 5.91 Å². The Balaban J connectivity index is 1.24. The molecule has 0 spiro atoms. The zero-order valence-electron chi connectivity index (χ0n) is 21.8. The van der Waals surface area contributed by atoms with Crippen LogP contribution in [0.1, 0.15) is 61.1 Å². The van der Waals surface area contributed by atoms with E-state index in [0.29, 0.717) is 24.0 Å². The third-order valence-corrected chi connectivity index (χ3v) is 8.07. The normalized spacial score (nSPS) is 24.5. The summed E-state index contributed by atoms with van der Waals surface area (Å²) >= 11 is 0. The van der Waals surface area contributed by atoms with E-state index in [-0.39, 0.29) is 11.9 Å². The molecule has 2 aromatic rings. The molecule has 1 amide bonds. The fraction of sp³-hybridized carbons (Fsp3) is 0.654. The Kier molecular flexibility index (Phi) is 7.15. The third-order valence-electron chi connectivity index (χ3n) is 8.07. The van der Waals surface area contributed by atoms with Crippen LogP contribution in [0.15, 0.2) is 18.2 Å². The second-order valence-electron chi connectivity index (χ2n) is 11.0. The molecule has 196 valence electrons. The minimum absolute atomic E-state index is 0.230. The van der Waals surface area contributed by atoms with E-state index < -0.39 is 11.9 Å². The van der Waals surface area contributed by atoms with Crippen LogP contribution in [0.25, 0.3) is 0 Å². The molecular weight excluding hydrogens is 458 g/mol. The van der Waals surface area contributed by atoms with Crippen LogP contribution < -0.4 is 5.32 Å². The summed E-state index contributed by atoms with van der Waals surface area (Å²) in [6.07, 6.45) is 1.55. The molecule has 0 aromatic carbocycles. The molecule has 2 aromatic heterocycles. The minimum Gasteiger partial charge on any atom is -0.381 e. The van der Waals surface area contributed by atoms with Gasteiger partial charge in [0.2, 0.25) is 0 Å². The number of aryl methyl sites for hydroxylation is 1. The maximum Gasteiger partial charge on any atom is 0.275 e. The first kappa shape index (κ1) is 25.3. The van der Waals surface area contributed by atoms with Crippen LogP contribution in [0.4, 0.5) is 5.82 Å². The highest BCUT2D eigenvalue weighted by Crippen LogP contribution is 2.42. The number of hydrogen-bond acceptors (Lipinski definition) is 8. The highest BCUT2D eigenvalue weighted by molar-refractivity contribution is 6.02. The van der Waals surface area contributed by atoms with E-state index in [0.717, 1.165) is 69.2 Å². The van der Waals surface area contributed by atoms with Gasteiger partial charge in [-0.05, 0) is 58.6 Å². The number of amides is 1. The topological polar surface area (TPSA) is 110 Å². The Hall–Kier alpha value is -2.37. The molecule has 2 saturated heterocycles. The summed E-state index contributed by atoms with van der Waals surface area (Å²) in [5.41, 5.74) is 2.50. The summed E-state index contributed by atoms with van der Waals surface area (Å²) in [4.78, 5) is 23.9.